The van der Waals surface area contributed by atoms with Crippen LogP contribution in [-0.4, -0.2) is 27.0 Å². The van der Waals surface area contributed by atoms with Crippen LogP contribution in [0.4, 0.5) is 0 Å². The fraction of sp³-hybridized carbons (Fsp3) is 1.00. The second kappa shape index (κ2) is 5.00. The van der Waals surface area contributed by atoms with Gasteiger partial charge in [-0.25, -0.2) is 0 Å². The molecule has 0 radical (unpaired) electrons. The van der Waals surface area contributed by atoms with E-state index in [1.165, 1.54) is 0 Å². The van der Waals surface area contributed by atoms with Gasteiger partial charge in [0.25, 0.3) is 10.2 Å². The summed E-state index contributed by atoms with van der Waals surface area (Å²) < 4.78 is 28.8. The second-order valence-electron chi connectivity index (χ2n) is 5.51. The molecule has 4 N–H and O–H groups in total. The first kappa shape index (κ1) is 13.9. The monoisotopic (exact) mass is 249 g/mol. The molecule has 5 nitrogen and oxygen atoms in total. The number of hydrogen-bond acceptors (Lipinski definition) is 3. The van der Waals surface area contributed by atoms with Gasteiger partial charge in [0.1, 0.15) is 0 Å². The molecule has 0 aliphatic heterocycles. The lowest BCUT2D eigenvalue weighted by atomic mass is 9.85. The number of hydrogen-bond donors (Lipinski definition) is 3. The third-order valence-electron chi connectivity index (χ3n) is 2.70. The fourth-order valence-corrected chi connectivity index (χ4v) is 3.07. The van der Waals surface area contributed by atoms with E-state index in [2.05, 4.69) is 9.44 Å². The molecule has 1 unspecified atom stereocenters. The van der Waals surface area contributed by atoms with Crippen LogP contribution in [0, 0.1) is 5.41 Å². The average molecular weight is 249 g/mol. The van der Waals surface area contributed by atoms with Gasteiger partial charge < -0.3 is 5.73 Å². The maximum atomic E-state index is 11.7. The van der Waals surface area contributed by atoms with E-state index in [1.807, 2.05) is 20.8 Å². The van der Waals surface area contributed by atoms with Crippen molar-refractivity contribution in [1.29, 1.82) is 0 Å². The zero-order valence-corrected chi connectivity index (χ0v) is 11.1. The highest BCUT2D eigenvalue weighted by Gasteiger charge is 2.31. The Morgan fingerprint density at radius 2 is 1.94 bits per heavy atom. The molecule has 6 heteroatoms. The van der Waals surface area contributed by atoms with Crippen LogP contribution < -0.4 is 15.2 Å². The molecule has 1 atom stereocenters. The molecule has 0 saturated heterocycles. The Hall–Kier alpha value is -0.170. The lowest BCUT2D eigenvalue weighted by Gasteiger charge is -2.31. The second-order valence-corrected chi connectivity index (χ2v) is 6.99. The van der Waals surface area contributed by atoms with E-state index in [0.717, 1.165) is 12.8 Å². The van der Waals surface area contributed by atoms with Gasteiger partial charge >= 0.3 is 0 Å². The highest BCUT2D eigenvalue weighted by atomic mass is 32.2. The van der Waals surface area contributed by atoms with Gasteiger partial charge in [-0.15, -0.1) is 0 Å². The maximum Gasteiger partial charge on any atom is 0.277 e. The van der Waals surface area contributed by atoms with Gasteiger partial charge in [-0.1, -0.05) is 20.8 Å². The highest BCUT2D eigenvalue weighted by molar-refractivity contribution is 7.87. The Labute approximate surface area is 98.4 Å². The zero-order valence-electron chi connectivity index (χ0n) is 10.3. The molecular formula is C10H23N3O2S. The summed E-state index contributed by atoms with van der Waals surface area (Å²) in [7, 11) is -3.38. The SMILES string of the molecule is CC(C)(C)C(CCN)NS(=O)(=O)NC1CC1. The predicted molar refractivity (Wildman–Crippen MR) is 65.1 cm³/mol. The maximum absolute atomic E-state index is 11.7. The van der Waals surface area contributed by atoms with Crippen LogP contribution in [0.2, 0.25) is 0 Å². The smallest absolute Gasteiger partial charge is 0.277 e. The largest absolute Gasteiger partial charge is 0.330 e. The minimum Gasteiger partial charge on any atom is -0.330 e. The van der Waals surface area contributed by atoms with Crippen LogP contribution in [0.3, 0.4) is 0 Å². The van der Waals surface area contributed by atoms with Gasteiger partial charge in [0.2, 0.25) is 0 Å². The molecule has 1 aliphatic carbocycles. The van der Waals surface area contributed by atoms with Crippen molar-refractivity contribution in [1.82, 2.24) is 9.44 Å². The molecule has 0 heterocycles. The molecule has 0 aromatic rings. The van der Waals surface area contributed by atoms with E-state index in [1.54, 1.807) is 0 Å². The van der Waals surface area contributed by atoms with E-state index < -0.39 is 10.2 Å². The van der Waals surface area contributed by atoms with E-state index >= 15 is 0 Å². The number of rotatable bonds is 6. The Morgan fingerprint density at radius 3 is 2.31 bits per heavy atom. The molecular weight excluding hydrogens is 226 g/mol. The third-order valence-corrected chi connectivity index (χ3v) is 3.94. The van der Waals surface area contributed by atoms with Gasteiger partial charge in [-0.2, -0.15) is 17.9 Å². The van der Waals surface area contributed by atoms with Gasteiger partial charge in [0.15, 0.2) is 0 Å². The molecule has 1 rings (SSSR count). The van der Waals surface area contributed by atoms with Crippen molar-refractivity contribution in [2.45, 2.75) is 52.1 Å². The van der Waals surface area contributed by atoms with Crippen LogP contribution in [0.5, 0.6) is 0 Å². The summed E-state index contributed by atoms with van der Waals surface area (Å²) in [4.78, 5) is 0. The summed E-state index contributed by atoms with van der Waals surface area (Å²) >= 11 is 0. The first-order valence-electron chi connectivity index (χ1n) is 5.74. The van der Waals surface area contributed by atoms with Crippen molar-refractivity contribution in [2.24, 2.45) is 11.1 Å². The van der Waals surface area contributed by atoms with Crippen LogP contribution in [0.15, 0.2) is 0 Å². The van der Waals surface area contributed by atoms with Crippen molar-refractivity contribution in [2.75, 3.05) is 6.54 Å². The minimum atomic E-state index is -3.38. The molecule has 0 amide bonds. The summed E-state index contributed by atoms with van der Waals surface area (Å²) in [5.74, 6) is 0. The molecule has 96 valence electrons. The molecule has 1 saturated carbocycles. The quantitative estimate of drug-likeness (QED) is 0.634. The van der Waals surface area contributed by atoms with Gasteiger partial charge in [0.05, 0.1) is 0 Å². The lowest BCUT2D eigenvalue weighted by Crippen LogP contribution is -2.49. The van der Waals surface area contributed by atoms with Crippen molar-refractivity contribution >= 4 is 10.2 Å². The van der Waals surface area contributed by atoms with E-state index in [0.29, 0.717) is 13.0 Å². The number of nitrogens with two attached hydrogens (primary N) is 1. The predicted octanol–water partition coefficient (Wildman–Crippen LogP) is 0.336. The lowest BCUT2D eigenvalue weighted by molar-refractivity contribution is 0.286. The van der Waals surface area contributed by atoms with Crippen molar-refractivity contribution in [3.8, 4) is 0 Å². The fourth-order valence-electron chi connectivity index (χ4n) is 1.48. The van der Waals surface area contributed by atoms with Gasteiger partial charge in [-0.3, -0.25) is 0 Å². The van der Waals surface area contributed by atoms with Gasteiger partial charge in [-0.05, 0) is 31.2 Å². The molecule has 16 heavy (non-hydrogen) atoms. The summed E-state index contributed by atoms with van der Waals surface area (Å²) in [5.41, 5.74) is 5.38. The molecule has 1 aliphatic rings. The van der Waals surface area contributed by atoms with Crippen LogP contribution in [0.1, 0.15) is 40.0 Å². The minimum absolute atomic E-state index is 0.127. The molecule has 1 fully saturated rings. The summed E-state index contributed by atoms with van der Waals surface area (Å²) in [6.07, 6.45) is 2.53. The van der Waals surface area contributed by atoms with E-state index in [4.69, 9.17) is 5.73 Å². The molecule has 0 spiro atoms. The van der Waals surface area contributed by atoms with Crippen LogP contribution in [0.25, 0.3) is 0 Å². The Bertz CT molecular complexity index is 317. The van der Waals surface area contributed by atoms with Crippen molar-refractivity contribution < 1.29 is 8.42 Å². The summed E-state index contributed by atoms with van der Waals surface area (Å²) in [6, 6.07) is 0.00439. The third kappa shape index (κ3) is 4.78. The summed E-state index contributed by atoms with van der Waals surface area (Å²) in [5, 5.41) is 0. The van der Waals surface area contributed by atoms with Crippen molar-refractivity contribution in [3.05, 3.63) is 0 Å². The topological polar surface area (TPSA) is 84.2 Å². The molecule has 0 bridgehead atoms. The van der Waals surface area contributed by atoms with Crippen LogP contribution in [-0.2, 0) is 10.2 Å². The first-order valence-corrected chi connectivity index (χ1v) is 7.22. The Balaban J connectivity index is 2.59. The standard InChI is InChI=1S/C10H23N3O2S/c1-10(2,3)9(6-7-11)13-16(14,15)12-8-4-5-8/h8-9,12-13H,4-7,11H2,1-3H3. The number of nitrogens with one attached hydrogen (secondary N) is 2. The normalized spacial score (nSPS) is 19.8. The summed E-state index contributed by atoms with van der Waals surface area (Å²) in [6.45, 7) is 6.50. The average Bonchev–Trinajstić information content (AvgIpc) is 2.84. The Kier molecular flexibility index (Phi) is 4.34. The molecule has 0 aromatic heterocycles. The van der Waals surface area contributed by atoms with E-state index in [9.17, 15) is 8.42 Å². The Morgan fingerprint density at radius 1 is 1.38 bits per heavy atom. The van der Waals surface area contributed by atoms with Crippen molar-refractivity contribution in [3.63, 3.8) is 0 Å². The zero-order chi connectivity index (χ0) is 12.4. The van der Waals surface area contributed by atoms with Gasteiger partial charge in [0, 0.05) is 12.1 Å². The van der Waals surface area contributed by atoms with Crippen LogP contribution >= 0.6 is 0 Å². The first-order chi connectivity index (χ1) is 7.24. The highest BCUT2D eigenvalue weighted by Crippen LogP contribution is 2.23. The molecule has 0 aromatic carbocycles. The van der Waals surface area contributed by atoms with E-state index in [-0.39, 0.29) is 17.5 Å².